The van der Waals surface area contributed by atoms with Gasteiger partial charge in [0.15, 0.2) is 0 Å². The zero-order valence-corrected chi connectivity index (χ0v) is 11.3. The van der Waals surface area contributed by atoms with Gasteiger partial charge < -0.3 is 10.1 Å². The van der Waals surface area contributed by atoms with Crippen LogP contribution in [0.1, 0.15) is 17.3 Å². The Labute approximate surface area is 106 Å². The van der Waals surface area contributed by atoms with E-state index in [2.05, 4.69) is 21.2 Å². The summed E-state index contributed by atoms with van der Waals surface area (Å²) in [5, 5.41) is 3.14. The van der Waals surface area contributed by atoms with E-state index < -0.39 is 13.0 Å². The van der Waals surface area contributed by atoms with Crippen LogP contribution < -0.4 is 5.32 Å². The van der Waals surface area contributed by atoms with Gasteiger partial charge in [0.25, 0.3) is 6.43 Å². The fraction of sp³-hybridized carbons (Fsp3) is 0.600. The second-order valence-electron chi connectivity index (χ2n) is 3.24. The van der Waals surface area contributed by atoms with Gasteiger partial charge in [0.05, 0.1) is 3.79 Å². The highest BCUT2D eigenvalue weighted by Gasteiger charge is 2.11. The first-order valence-corrected chi connectivity index (χ1v) is 6.53. The summed E-state index contributed by atoms with van der Waals surface area (Å²) in [6, 6.07) is 4.15. The zero-order chi connectivity index (χ0) is 12.0. The Balaban J connectivity index is 2.32. The average molecular weight is 314 g/mol. The number of alkyl halides is 2. The number of ether oxygens (including phenoxy) is 1. The zero-order valence-electron chi connectivity index (χ0n) is 8.88. The van der Waals surface area contributed by atoms with Gasteiger partial charge in [-0.3, -0.25) is 0 Å². The Morgan fingerprint density at radius 1 is 1.50 bits per heavy atom. The molecule has 6 heteroatoms. The van der Waals surface area contributed by atoms with E-state index in [9.17, 15) is 8.78 Å². The standard InChI is InChI=1S/C10H14BrF2NOS/c1-14-7(4-5-15-6-10(12)13)8-2-3-9(11)16-8/h2-3,7,10,14H,4-6H2,1H3. The molecule has 0 aliphatic rings. The van der Waals surface area contributed by atoms with Crippen molar-refractivity contribution in [3.63, 3.8) is 0 Å². The molecule has 0 aromatic carbocycles. The van der Waals surface area contributed by atoms with Crippen molar-refractivity contribution in [2.45, 2.75) is 18.9 Å². The summed E-state index contributed by atoms with van der Waals surface area (Å²) in [5.41, 5.74) is 0. The average Bonchev–Trinajstić information content (AvgIpc) is 2.64. The molecule has 16 heavy (non-hydrogen) atoms. The van der Waals surface area contributed by atoms with Crippen molar-refractivity contribution in [3.8, 4) is 0 Å². The highest BCUT2D eigenvalue weighted by molar-refractivity contribution is 9.11. The second kappa shape index (κ2) is 7.32. The molecule has 92 valence electrons. The third-order valence-corrected chi connectivity index (χ3v) is 3.82. The van der Waals surface area contributed by atoms with E-state index >= 15 is 0 Å². The van der Waals surface area contributed by atoms with Crippen LogP contribution in [0.2, 0.25) is 0 Å². The maximum absolute atomic E-state index is 11.8. The lowest BCUT2D eigenvalue weighted by atomic mass is 10.2. The molecule has 0 spiro atoms. The molecule has 1 atom stereocenters. The van der Waals surface area contributed by atoms with Crippen molar-refractivity contribution in [2.75, 3.05) is 20.3 Å². The molecule has 1 aromatic rings. The smallest absolute Gasteiger partial charge is 0.261 e. The molecule has 2 nitrogen and oxygen atoms in total. The highest BCUT2D eigenvalue weighted by Crippen LogP contribution is 2.28. The van der Waals surface area contributed by atoms with Gasteiger partial charge in [0.2, 0.25) is 0 Å². The normalized spacial score (nSPS) is 13.3. The van der Waals surface area contributed by atoms with Crippen LogP contribution in [0.15, 0.2) is 15.9 Å². The highest BCUT2D eigenvalue weighted by atomic mass is 79.9. The number of halogens is 3. The van der Waals surface area contributed by atoms with E-state index in [1.165, 1.54) is 4.88 Å². The molecule has 0 saturated heterocycles. The van der Waals surface area contributed by atoms with E-state index in [1.807, 2.05) is 19.2 Å². The van der Waals surface area contributed by atoms with Crippen LogP contribution in [-0.2, 0) is 4.74 Å². The Kier molecular flexibility index (Phi) is 6.41. The lowest BCUT2D eigenvalue weighted by Gasteiger charge is -2.14. The molecule has 1 unspecified atom stereocenters. The molecule has 0 saturated carbocycles. The molecule has 1 aromatic heterocycles. The predicted molar refractivity (Wildman–Crippen MR) is 65.3 cm³/mol. The summed E-state index contributed by atoms with van der Waals surface area (Å²) in [4.78, 5) is 1.18. The first-order valence-electron chi connectivity index (χ1n) is 4.92. The van der Waals surface area contributed by atoms with Crippen LogP contribution in [0.4, 0.5) is 8.78 Å². The maximum Gasteiger partial charge on any atom is 0.261 e. The monoisotopic (exact) mass is 313 g/mol. The van der Waals surface area contributed by atoms with Crippen LogP contribution in [-0.4, -0.2) is 26.7 Å². The minimum atomic E-state index is -2.39. The lowest BCUT2D eigenvalue weighted by Crippen LogP contribution is -2.18. The van der Waals surface area contributed by atoms with Gasteiger partial charge in [-0.1, -0.05) is 0 Å². The summed E-state index contributed by atoms with van der Waals surface area (Å²) < 4.78 is 29.6. The number of nitrogens with one attached hydrogen (secondary N) is 1. The first-order chi connectivity index (χ1) is 7.63. The molecular formula is C10H14BrF2NOS. The largest absolute Gasteiger partial charge is 0.375 e. The van der Waals surface area contributed by atoms with Crippen molar-refractivity contribution in [3.05, 3.63) is 20.8 Å². The molecule has 0 bridgehead atoms. The third-order valence-electron chi connectivity index (χ3n) is 2.08. The Bertz CT molecular complexity index is 309. The lowest BCUT2D eigenvalue weighted by molar-refractivity contribution is 0.0146. The van der Waals surface area contributed by atoms with Crippen LogP contribution in [0.5, 0.6) is 0 Å². The molecule has 1 rings (SSSR count). The SMILES string of the molecule is CNC(CCOCC(F)F)c1ccc(Br)s1. The molecule has 0 aliphatic heterocycles. The number of hydrogen-bond acceptors (Lipinski definition) is 3. The number of thiophene rings is 1. The van der Waals surface area contributed by atoms with Gasteiger partial charge in [0, 0.05) is 17.5 Å². The molecule has 0 fully saturated rings. The van der Waals surface area contributed by atoms with Crippen molar-refractivity contribution >= 4 is 27.3 Å². The van der Waals surface area contributed by atoms with Crippen LogP contribution in [0.25, 0.3) is 0 Å². The Morgan fingerprint density at radius 3 is 2.75 bits per heavy atom. The first kappa shape index (κ1) is 14.0. The Morgan fingerprint density at radius 2 is 2.25 bits per heavy atom. The minimum absolute atomic E-state index is 0.161. The summed E-state index contributed by atoms with van der Waals surface area (Å²) >= 11 is 5.03. The van der Waals surface area contributed by atoms with E-state index in [4.69, 9.17) is 4.74 Å². The van der Waals surface area contributed by atoms with Crippen molar-refractivity contribution < 1.29 is 13.5 Å². The van der Waals surface area contributed by atoms with Crippen molar-refractivity contribution in [1.82, 2.24) is 5.32 Å². The van der Waals surface area contributed by atoms with Crippen LogP contribution in [0, 0.1) is 0 Å². The van der Waals surface area contributed by atoms with E-state index in [0.717, 1.165) is 3.79 Å². The van der Waals surface area contributed by atoms with Gasteiger partial charge >= 0.3 is 0 Å². The van der Waals surface area contributed by atoms with Gasteiger partial charge in [0.1, 0.15) is 6.61 Å². The van der Waals surface area contributed by atoms with Gasteiger partial charge in [-0.05, 0) is 41.5 Å². The molecule has 0 radical (unpaired) electrons. The summed E-state index contributed by atoms with van der Waals surface area (Å²) in [5.74, 6) is 0. The van der Waals surface area contributed by atoms with Gasteiger partial charge in [-0.2, -0.15) is 0 Å². The fourth-order valence-electron chi connectivity index (χ4n) is 1.32. The maximum atomic E-state index is 11.8. The van der Waals surface area contributed by atoms with Gasteiger partial charge in [-0.15, -0.1) is 11.3 Å². The number of rotatable bonds is 7. The van der Waals surface area contributed by atoms with E-state index in [-0.39, 0.29) is 6.04 Å². The Hall–Kier alpha value is -0.0400. The summed E-state index contributed by atoms with van der Waals surface area (Å²) in [7, 11) is 1.85. The van der Waals surface area contributed by atoms with E-state index in [0.29, 0.717) is 13.0 Å². The second-order valence-corrected chi connectivity index (χ2v) is 5.73. The van der Waals surface area contributed by atoms with Crippen molar-refractivity contribution in [2.24, 2.45) is 0 Å². The quantitative estimate of drug-likeness (QED) is 0.779. The van der Waals surface area contributed by atoms with Gasteiger partial charge in [-0.25, -0.2) is 8.78 Å². The molecule has 1 N–H and O–H groups in total. The van der Waals surface area contributed by atoms with Crippen molar-refractivity contribution in [1.29, 1.82) is 0 Å². The van der Waals surface area contributed by atoms with E-state index in [1.54, 1.807) is 11.3 Å². The number of hydrogen-bond donors (Lipinski definition) is 1. The summed E-state index contributed by atoms with van der Waals surface area (Å²) in [6.45, 7) is -0.143. The fourth-order valence-corrected chi connectivity index (χ4v) is 2.89. The van der Waals surface area contributed by atoms with Crippen LogP contribution in [0.3, 0.4) is 0 Å². The third kappa shape index (κ3) is 4.86. The van der Waals surface area contributed by atoms with Crippen LogP contribution >= 0.6 is 27.3 Å². The topological polar surface area (TPSA) is 21.3 Å². The predicted octanol–water partition coefficient (Wildman–Crippen LogP) is 3.44. The molecule has 1 heterocycles. The molecule has 0 aliphatic carbocycles. The molecular weight excluding hydrogens is 300 g/mol. The minimum Gasteiger partial charge on any atom is -0.375 e. The molecule has 0 amide bonds. The summed E-state index contributed by atoms with van der Waals surface area (Å²) in [6.07, 6.45) is -1.69.